The van der Waals surface area contributed by atoms with Crippen LogP contribution in [-0.2, 0) is 4.74 Å². The van der Waals surface area contributed by atoms with Crippen LogP contribution >= 0.6 is 22.6 Å². The van der Waals surface area contributed by atoms with E-state index in [1.54, 1.807) is 0 Å². The van der Waals surface area contributed by atoms with Gasteiger partial charge in [-0.3, -0.25) is 0 Å². The third kappa shape index (κ3) is 6.93. The SMILES string of the molecule is CC(C)(C)OC(=O)N[C@H]1CC[C@H](CNc2ccc(I)nc2)CC1. The molecule has 128 valence electrons. The van der Waals surface area contributed by atoms with Crippen LogP contribution < -0.4 is 10.6 Å². The average molecular weight is 431 g/mol. The lowest BCUT2D eigenvalue weighted by molar-refractivity contribution is 0.0488. The molecule has 0 radical (unpaired) electrons. The lowest BCUT2D eigenvalue weighted by Gasteiger charge is -2.30. The van der Waals surface area contributed by atoms with Gasteiger partial charge >= 0.3 is 6.09 Å². The average Bonchev–Trinajstić information content (AvgIpc) is 2.46. The highest BCUT2D eigenvalue weighted by Gasteiger charge is 2.24. The molecular formula is C17H26IN3O2. The van der Waals surface area contributed by atoms with E-state index in [1.807, 2.05) is 33.0 Å². The van der Waals surface area contributed by atoms with Gasteiger partial charge in [-0.2, -0.15) is 0 Å². The smallest absolute Gasteiger partial charge is 0.407 e. The van der Waals surface area contributed by atoms with Crippen LogP contribution in [0.4, 0.5) is 10.5 Å². The number of hydrogen-bond donors (Lipinski definition) is 2. The minimum absolute atomic E-state index is 0.237. The Morgan fingerprint density at radius 3 is 2.57 bits per heavy atom. The first kappa shape index (κ1) is 18.3. The normalized spacial score (nSPS) is 21.6. The fourth-order valence-corrected chi connectivity index (χ4v) is 3.05. The Hall–Kier alpha value is -1.05. The number of nitrogens with zero attached hydrogens (tertiary/aromatic N) is 1. The Bertz CT molecular complexity index is 506. The van der Waals surface area contributed by atoms with E-state index >= 15 is 0 Å². The first-order chi connectivity index (χ1) is 10.8. The summed E-state index contributed by atoms with van der Waals surface area (Å²) in [5.74, 6) is 0.644. The number of anilines is 1. The van der Waals surface area contributed by atoms with Crippen molar-refractivity contribution >= 4 is 34.4 Å². The van der Waals surface area contributed by atoms with Gasteiger partial charge in [-0.15, -0.1) is 0 Å². The Labute approximate surface area is 152 Å². The number of rotatable bonds is 4. The van der Waals surface area contributed by atoms with E-state index in [4.69, 9.17) is 4.74 Å². The predicted octanol–water partition coefficient (Wildman–Crippen LogP) is 4.18. The van der Waals surface area contributed by atoms with E-state index in [0.29, 0.717) is 5.92 Å². The molecule has 2 N–H and O–H groups in total. The molecule has 0 atom stereocenters. The van der Waals surface area contributed by atoms with Crippen molar-refractivity contribution < 1.29 is 9.53 Å². The molecule has 1 aliphatic carbocycles. The molecule has 1 fully saturated rings. The Balaban J connectivity index is 1.67. The fourth-order valence-electron chi connectivity index (χ4n) is 2.73. The molecule has 2 rings (SSSR count). The van der Waals surface area contributed by atoms with E-state index in [-0.39, 0.29) is 12.1 Å². The van der Waals surface area contributed by atoms with Gasteiger partial charge in [-0.05, 0) is 87.1 Å². The second-order valence-electron chi connectivity index (χ2n) is 7.11. The highest BCUT2D eigenvalue weighted by atomic mass is 127. The fraction of sp³-hybridized carbons (Fsp3) is 0.647. The largest absolute Gasteiger partial charge is 0.444 e. The number of ether oxygens (including phenoxy) is 1. The minimum atomic E-state index is -0.438. The molecule has 0 saturated heterocycles. The highest BCUT2D eigenvalue weighted by molar-refractivity contribution is 14.1. The molecule has 0 aromatic carbocycles. The van der Waals surface area contributed by atoms with E-state index in [9.17, 15) is 4.79 Å². The maximum Gasteiger partial charge on any atom is 0.407 e. The van der Waals surface area contributed by atoms with Gasteiger partial charge in [-0.25, -0.2) is 9.78 Å². The van der Waals surface area contributed by atoms with E-state index in [2.05, 4.69) is 44.3 Å². The second-order valence-corrected chi connectivity index (χ2v) is 8.22. The summed E-state index contributed by atoms with van der Waals surface area (Å²) in [7, 11) is 0. The highest BCUT2D eigenvalue weighted by Crippen LogP contribution is 2.25. The molecule has 23 heavy (non-hydrogen) atoms. The van der Waals surface area contributed by atoms with Crippen molar-refractivity contribution in [2.45, 2.75) is 58.1 Å². The van der Waals surface area contributed by atoms with Gasteiger partial charge in [0.25, 0.3) is 0 Å². The van der Waals surface area contributed by atoms with E-state index in [1.165, 1.54) is 0 Å². The number of halogens is 1. The van der Waals surface area contributed by atoms with Gasteiger partial charge in [0.1, 0.15) is 9.30 Å². The van der Waals surface area contributed by atoms with Crippen molar-refractivity contribution in [2.24, 2.45) is 5.92 Å². The molecule has 0 bridgehead atoms. The summed E-state index contributed by atoms with van der Waals surface area (Å²) in [5, 5.41) is 6.43. The summed E-state index contributed by atoms with van der Waals surface area (Å²) >= 11 is 2.20. The van der Waals surface area contributed by atoms with Crippen LogP contribution in [0.3, 0.4) is 0 Å². The van der Waals surface area contributed by atoms with Crippen molar-refractivity contribution in [1.82, 2.24) is 10.3 Å². The van der Waals surface area contributed by atoms with E-state index in [0.717, 1.165) is 41.6 Å². The van der Waals surface area contributed by atoms with Crippen molar-refractivity contribution in [1.29, 1.82) is 0 Å². The molecule has 0 unspecified atom stereocenters. The summed E-state index contributed by atoms with van der Waals surface area (Å²) in [6, 6.07) is 4.30. The summed E-state index contributed by atoms with van der Waals surface area (Å²) in [6.45, 7) is 6.61. The third-order valence-corrected chi connectivity index (χ3v) is 4.53. The van der Waals surface area contributed by atoms with Crippen LogP contribution in [0.2, 0.25) is 0 Å². The van der Waals surface area contributed by atoms with Crippen molar-refractivity contribution in [3.05, 3.63) is 22.0 Å². The van der Waals surface area contributed by atoms with Gasteiger partial charge in [-0.1, -0.05) is 0 Å². The molecule has 6 heteroatoms. The third-order valence-electron chi connectivity index (χ3n) is 3.89. The first-order valence-corrected chi connectivity index (χ1v) is 9.24. The number of amides is 1. The van der Waals surface area contributed by atoms with Gasteiger partial charge in [0.05, 0.1) is 11.9 Å². The Kier molecular flexibility index (Phi) is 6.50. The lowest BCUT2D eigenvalue weighted by Crippen LogP contribution is -2.41. The number of hydrogen-bond acceptors (Lipinski definition) is 4. The summed E-state index contributed by atoms with van der Waals surface area (Å²) in [4.78, 5) is 16.1. The molecule has 1 amide bonds. The van der Waals surface area contributed by atoms with Crippen molar-refractivity contribution in [2.75, 3.05) is 11.9 Å². The number of carbonyl (C=O) groups is 1. The molecule has 1 aromatic rings. The maximum atomic E-state index is 11.8. The topological polar surface area (TPSA) is 63.2 Å². The zero-order valence-corrected chi connectivity index (χ0v) is 16.2. The monoisotopic (exact) mass is 431 g/mol. The molecule has 0 aliphatic heterocycles. The first-order valence-electron chi connectivity index (χ1n) is 8.17. The molecule has 0 spiro atoms. The van der Waals surface area contributed by atoms with Crippen LogP contribution in [-0.4, -0.2) is 29.3 Å². The maximum absolute atomic E-state index is 11.8. The van der Waals surface area contributed by atoms with E-state index < -0.39 is 5.60 Å². The lowest BCUT2D eigenvalue weighted by atomic mass is 9.86. The zero-order valence-electron chi connectivity index (χ0n) is 14.1. The molecule has 1 heterocycles. The standard InChI is InChI=1S/C17H26IN3O2/c1-17(2,3)23-16(22)21-13-6-4-12(5-7-13)10-19-14-8-9-15(18)20-11-14/h8-9,11-13,19H,4-7,10H2,1-3H3,(H,21,22)/t12-,13-. The summed E-state index contributed by atoms with van der Waals surface area (Å²) in [5.41, 5.74) is 0.631. The Morgan fingerprint density at radius 2 is 2.00 bits per heavy atom. The van der Waals surface area contributed by atoms with Gasteiger partial charge in [0.2, 0.25) is 0 Å². The van der Waals surface area contributed by atoms with Crippen molar-refractivity contribution in [3.63, 3.8) is 0 Å². The van der Waals surface area contributed by atoms with Crippen LogP contribution in [0.1, 0.15) is 46.5 Å². The Morgan fingerprint density at radius 1 is 1.30 bits per heavy atom. The molecule has 5 nitrogen and oxygen atoms in total. The molecular weight excluding hydrogens is 405 g/mol. The number of nitrogens with one attached hydrogen (secondary N) is 2. The molecule has 1 saturated carbocycles. The number of alkyl carbamates (subject to hydrolysis) is 1. The zero-order chi connectivity index (χ0) is 16.9. The van der Waals surface area contributed by atoms with Crippen LogP contribution in [0, 0.1) is 9.62 Å². The number of carbonyl (C=O) groups excluding carboxylic acids is 1. The summed E-state index contributed by atoms with van der Waals surface area (Å²) < 4.78 is 6.31. The predicted molar refractivity (Wildman–Crippen MR) is 101 cm³/mol. The minimum Gasteiger partial charge on any atom is -0.444 e. The second kappa shape index (κ2) is 8.17. The van der Waals surface area contributed by atoms with Gasteiger partial charge < -0.3 is 15.4 Å². The van der Waals surface area contributed by atoms with Crippen LogP contribution in [0.5, 0.6) is 0 Å². The number of aromatic nitrogens is 1. The van der Waals surface area contributed by atoms with Gasteiger partial charge in [0.15, 0.2) is 0 Å². The van der Waals surface area contributed by atoms with Crippen LogP contribution in [0.15, 0.2) is 18.3 Å². The molecule has 1 aliphatic rings. The number of pyridine rings is 1. The van der Waals surface area contributed by atoms with Crippen LogP contribution in [0.25, 0.3) is 0 Å². The molecule has 1 aromatic heterocycles. The summed E-state index contributed by atoms with van der Waals surface area (Å²) in [6.07, 6.45) is 5.82. The van der Waals surface area contributed by atoms with Crippen molar-refractivity contribution in [3.8, 4) is 0 Å². The van der Waals surface area contributed by atoms with Gasteiger partial charge in [0, 0.05) is 12.6 Å². The quantitative estimate of drug-likeness (QED) is 0.555.